The molecule has 0 aliphatic carbocycles. The van der Waals surface area contributed by atoms with Crippen LogP contribution >= 0.6 is 28.3 Å². The third-order valence-electron chi connectivity index (χ3n) is 2.18. The van der Waals surface area contributed by atoms with Gasteiger partial charge in [0.1, 0.15) is 5.82 Å². The Hall–Kier alpha value is -0.650. The van der Waals surface area contributed by atoms with E-state index >= 15 is 0 Å². The molecule has 0 aromatic heterocycles. The van der Waals surface area contributed by atoms with E-state index in [0.29, 0.717) is 5.56 Å². The average Bonchev–Trinajstić information content (AvgIpc) is 2.22. The Balaban J connectivity index is 0.00000256. The number of likely N-dealkylation sites (N-methyl/N-ethyl adjacent to an activating group) is 1. The van der Waals surface area contributed by atoms with E-state index in [-0.39, 0.29) is 30.7 Å². The minimum absolute atomic E-state index is 0. The Bertz CT molecular complexity index is 401. The van der Waals surface area contributed by atoms with Crippen molar-refractivity contribution in [2.45, 2.75) is 19.5 Å². The second kappa shape index (κ2) is 6.93. The summed E-state index contributed by atoms with van der Waals surface area (Å²) in [5.41, 5.74) is 5.93. The summed E-state index contributed by atoms with van der Waals surface area (Å²) in [6, 6.07) is 4.07. The van der Waals surface area contributed by atoms with Crippen molar-refractivity contribution < 1.29 is 9.18 Å². The summed E-state index contributed by atoms with van der Waals surface area (Å²) < 4.78 is 14.2. The highest BCUT2D eigenvalue weighted by Gasteiger charge is 2.15. The molecule has 2 N–H and O–H groups in total. The van der Waals surface area contributed by atoms with Crippen LogP contribution in [0.5, 0.6) is 0 Å². The maximum atomic E-state index is 13.4. The molecule has 1 aromatic carbocycles. The van der Waals surface area contributed by atoms with Crippen LogP contribution in [0.25, 0.3) is 0 Å². The standard InChI is InChI=1S/C11H14BrFN2O.ClH/c1-7(14)11(16)15(2)6-8-5-9(12)3-4-10(8)13;/h3-5,7H,6,14H2,1-2H3;1H/t7-;/m1./s1. The maximum Gasteiger partial charge on any atom is 0.239 e. The number of amides is 1. The maximum absolute atomic E-state index is 13.4. The lowest BCUT2D eigenvalue weighted by molar-refractivity contribution is -0.131. The number of nitrogens with zero attached hydrogens (tertiary/aromatic N) is 1. The molecule has 17 heavy (non-hydrogen) atoms. The Morgan fingerprint density at radius 1 is 1.59 bits per heavy atom. The van der Waals surface area contributed by atoms with Crippen LogP contribution in [0.2, 0.25) is 0 Å². The molecule has 0 heterocycles. The van der Waals surface area contributed by atoms with E-state index in [2.05, 4.69) is 15.9 Å². The fourth-order valence-corrected chi connectivity index (χ4v) is 1.75. The van der Waals surface area contributed by atoms with Gasteiger partial charge < -0.3 is 10.6 Å². The second-order valence-corrected chi connectivity index (χ2v) is 4.63. The van der Waals surface area contributed by atoms with Crippen molar-refractivity contribution >= 4 is 34.2 Å². The first-order valence-electron chi connectivity index (χ1n) is 4.86. The van der Waals surface area contributed by atoms with Crippen LogP contribution < -0.4 is 5.73 Å². The fourth-order valence-electron chi connectivity index (χ4n) is 1.35. The highest BCUT2D eigenvalue weighted by molar-refractivity contribution is 9.10. The Kier molecular flexibility index (Phi) is 6.67. The van der Waals surface area contributed by atoms with Gasteiger partial charge in [-0.25, -0.2) is 4.39 Å². The second-order valence-electron chi connectivity index (χ2n) is 3.72. The van der Waals surface area contributed by atoms with E-state index in [1.807, 2.05) is 0 Å². The zero-order valence-corrected chi connectivity index (χ0v) is 12.0. The van der Waals surface area contributed by atoms with Gasteiger partial charge >= 0.3 is 0 Å². The SMILES string of the molecule is C[C@@H](N)C(=O)N(C)Cc1cc(Br)ccc1F.Cl. The molecule has 0 aliphatic heterocycles. The zero-order valence-electron chi connectivity index (χ0n) is 9.61. The van der Waals surface area contributed by atoms with Crippen molar-refractivity contribution in [3.63, 3.8) is 0 Å². The van der Waals surface area contributed by atoms with Crippen molar-refractivity contribution in [3.05, 3.63) is 34.1 Å². The third-order valence-corrected chi connectivity index (χ3v) is 2.67. The van der Waals surface area contributed by atoms with Gasteiger partial charge in [0, 0.05) is 23.6 Å². The van der Waals surface area contributed by atoms with Crippen LogP contribution in [0.3, 0.4) is 0 Å². The van der Waals surface area contributed by atoms with Crippen LogP contribution in [0, 0.1) is 5.82 Å². The van der Waals surface area contributed by atoms with Crippen molar-refractivity contribution in [2.24, 2.45) is 5.73 Å². The quantitative estimate of drug-likeness (QED) is 0.927. The molecule has 1 aromatic rings. The van der Waals surface area contributed by atoms with Gasteiger partial charge in [-0.3, -0.25) is 4.79 Å². The molecule has 6 heteroatoms. The summed E-state index contributed by atoms with van der Waals surface area (Å²) >= 11 is 3.26. The van der Waals surface area contributed by atoms with Crippen molar-refractivity contribution in [1.82, 2.24) is 4.90 Å². The summed E-state index contributed by atoms with van der Waals surface area (Å²) in [7, 11) is 1.60. The molecular weight excluding hydrogens is 310 g/mol. The zero-order chi connectivity index (χ0) is 12.3. The number of carbonyl (C=O) groups is 1. The molecule has 3 nitrogen and oxygen atoms in total. The molecule has 0 fully saturated rings. The predicted molar refractivity (Wildman–Crippen MR) is 71.5 cm³/mol. The first-order chi connectivity index (χ1) is 7.41. The molecule has 1 atom stereocenters. The first kappa shape index (κ1) is 16.4. The number of hydrogen-bond donors (Lipinski definition) is 1. The van der Waals surface area contributed by atoms with Gasteiger partial charge in [0.25, 0.3) is 0 Å². The van der Waals surface area contributed by atoms with Crippen LogP contribution in [-0.4, -0.2) is 23.9 Å². The van der Waals surface area contributed by atoms with Crippen LogP contribution in [-0.2, 0) is 11.3 Å². The Morgan fingerprint density at radius 2 is 2.18 bits per heavy atom. The van der Waals surface area contributed by atoms with E-state index in [1.54, 1.807) is 26.1 Å². The monoisotopic (exact) mass is 324 g/mol. The van der Waals surface area contributed by atoms with Gasteiger partial charge in [-0.2, -0.15) is 0 Å². The van der Waals surface area contributed by atoms with Crippen LogP contribution in [0.15, 0.2) is 22.7 Å². The van der Waals surface area contributed by atoms with E-state index in [9.17, 15) is 9.18 Å². The fraction of sp³-hybridized carbons (Fsp3) is 0.364. The van der Waals surface area contributed by atoms with Gasteiger partial charge in [0.05, 0.1) is 6.04 Å². The normalized spacial score (nSPS) is 11.6. The molecule has 0 saturated carbocycles. The van der Waals surface area contributed by atoms with Gasteiger partial charge in [-0.1, -0.05) is 15.9 Å². The third kappa shape index (κ3) is 4.61. The molecule has 0 radical (unpaired) electrons. The topological polar surface area (TPSA) is 46.3 Å². The van der Waals surface area contributed by atoms with Gasteiger partial charge in [0.15, 0.2) is 0 Å². The molecule has 0 aliphatic rings. The highest BCUT2D eigenvalue weighted by Crippen LogP contribution is 2.16. The van der Waals surface area contributed by atoms with Crippen LogP contribution in [0.4, 0.5) is 4.39 Å². The minimum Gasteiger partial charge on any atom is -0.340 e. The first-order valence-corrected chi connectivity index (χ1v) is 5.65. The molecule has 0 bridgehead atoms. The summed E-state index contributed by atoms with van der Waals surface area (Å²) in [4.78, 5) is 12.9. The number of benzene rings is 1. The molecule has 96 valence electrons. The Morgan fingerprint density at radius 3 is 2.71 bits per heavy atom. The molecule has 0 unspecified atom stereocenters. The molecule has 0 saturated heterocycles. The largest absolute Gasteiger partial charge is 0.340 e. The summed E-state index contributed by atoms with van der Waals surface area (Å²) in [6.45, 7) is 1.82. The number of nitrogens with two attached hydrogens (primary N) is 1. The molecule has 1 rings (SSSR count). The van der Waals surface area contributed by atoms with E-state index in [1.165, 1.54) is 11.0 Å². The van der Waals surface area contributed by atoms with Gasteiger partial charge in [-0.15, -0.1) is 12.4 Å². The van der Waals surface area contributed by atoms with Crippen molar-refractivity contribution in [1.29, 1.82) is 0 Å². The lowest BCUT2D eigenvalue weighted by atomic mass is 10.2. The van der Waals surface area contributed by atoms with Gasteiger partial charge in [0.2, 0.25) is 5.91 Å². The molecule has 0 spiro atoms. The summed E-state index contributed by atoms with van der Waals surface area (Å²) in [5, 5.41) is 0. The van der Waals surface area contributed by atoms with Crippen LogP contribution in [0.1, 0.15) is 12.5 Å². The smallest absolute Gasteiger partial charge is 0.239 e. The minimum atomic E-state index is -0.569. The van der Waals surface area contributed by atoms with E-state index in [0.717, 1.165) is 4.47 Å². The number of hydrogen-bond acceptors (Lipinski definition) is 2. The average molecular weight is 326 g/mol. The summed E-state index contributed by atoms with van der Waals surface area (Å²) in [5.74, 6) is -0.535. The Labute approximate surface area is 115 Å². The van der Waals surface area contributed by atoms with E-state index < -0.39 is 6.04 Å². The number of halogens is 3. The van der Waals surface area contributed by atoms with Crippen molar-refractivity contribution in [3.8, 4) is 0 Å². The number of rotatable bonds is 3. The van der Waals surface area contributed by atoms with Crippen molar-refractivity contribution in [2.75, 3.05) is 7.05 Å². The highest BCUT2D eigenvalue weighted by atomic mass is 79.9. The molecule has 1 amide bonds. The summed E-state index contributed by atoms with van der Waals surface area (Å²) in [6.07, 6.45) is 0. The van der Waals surface area contributed by atoms with E-state index in [4.69, 9.17) is 5.73 Å². The molecular formula is C11H15BrClFN2O. The van der Waals surface area contributed by atoms with Gasteiger partial charge in [-0.05, 0) is 25.1 Å². The number of carbonyl (C=O) groups excluding carboxylic acids is 1. The lowest BCUT2D eigenvalue weighted by Gasteiger charge is -2.19. The lowest BCUT2D eigenvalue weighted by Crippen LogP contribution is -2.39. The predicted octanol–water partition coefficient (Wildman–Crippen LogP) is 2.32.